The van der Waals surface area contributed by atoms with Crippen molar-refractivity contribution < 1.29 is 10.2 Å². The van der Waals surface area contributed by atoms with Gasteiger partial charge in [-0.15, -0.1) is 0 Å². The van der Waals surface area contributed by atoms with Crippen molar-refractivity contribution in [1.29, 1.82) is 0 Å². The van der Waals surface area contributed by atoms with Gasteiger partial charge >= 0.3 is 0 Å². The molecule has 1 aliphatic rings. The lowest BCUT2D eigenvalue weighted by atomic mass is 10.1. The molecule has 1 fully saturated rings. The van der Waals surface area contributed by atoms with Gasteiger partial charge in [-0.3, -0.25) is 4.90 Å². The van der Waals surface area contributed by atoms with Crippen molar-refractivity contribution in [2.24, 2.45) is 0 Å². The second-order valence-corrected chi connectivity index (χ2v) is 5.50. The molecule has 1 aromatic carbocycles. The van der Waals surface area contributed by atoms with Crippen LogP contribution in [-0.4, -0.2) is 60.5 Å². The first-order valence-corrected chi connectivity index (χ1v) is 7.61. The van der Waals surface area contributed by atoms with E-state index in [1.807, 2.05) is 6.07 Å². The van der Waals surface area contributed by atoms with Crippen LogP contribution >= 0.6 is 0 Å². The van der Waals surface area contributed by atoms with E-state index in [2.05, 4.69) is 34.1 Å². The van der Waals surface area contributed by atoms with E-state index in [9.17, 15) is 5.11 Å². The van der Waals surface area contributed by atoms with Gasteiger partial charge in [0, 0.05) is 45.0 Å². The molecule has 0 aromatic heterocycles. The van der Waals surface area contributed by atoms with Crippen LogP contribution in [0.5, 0.6) is 0 Å². The van der Waals surface area contributed by atoms with Gasteiger partial charge in [0.05, 0.1) is 6.10 Å². The molecule has 0 aliphatic carbocycles. The lowest BCUT2D eigenvalue weighted by Crippen LogP contribution is -2.48. The van der Waals surface area contributed by atoms with Gasteiger partial charge in [-0.2, -0.15) is 0 Å². The number of rotatable bonds is 7. The highest BCUT2D eigenvalue weighted by atomic mass is 16.3. The molecule has 1 unspecified atom stereocenters. The van der Waals surface area contributed by atoms with E-state index >= 15 is 0 Å². The molecule has 0 radical (unpaired) electrons. The van der Waals surface area contributed by atoms with Gasteiger partial charge in [0.1, 0.15) is 0 Å². The molecule has 1 aliphatic heterocycles. The Morgan fingerprint density at radius 1 is 1.00 bits per heavy atom. The van der Waals surface area contributed by atoms with Gasteiger partial charge in [-0.1, -0.05) is 18.2 Å². The zero-order valence-corrected chi connectivity index (χ0v) is 12.1. The minimum atomic E-state index is -0.259. The maximum atomic E-state index is 9.97. The first-order chi connectivity index (χ1) is 9.79. The average molecular weight is 278 g/mol. The van der Waals surface area contributed by atoms with Crippen molar-refractivity contribution in [3.05, 3.63) is 30.3 Å². The van der Waals surface area contributed by atoms with Crippen LogP contribution in [-0.2, 0) is 0 Å². The average Bonchev–Trinajstić information content (AvgIpc) is 2.49. The fraction of sp³-hybridized carbons (Fsp3) is 0.625. The number of β-amino-alcohol motifs (C(OH)–C–C–N with tert-alkyl or cyclic N) is 1. The molecule has 2 rings (SSSR count). The van der Waals surface area contributed by atoms with Crippen LogP contribution < -0.4 is 4.90 Å². The Labute approximate surface area is 121 Å². The van der Waals surface area contributed by atoms with Crippen molar-refractivity contribution in [2.45, 2.75) is 25.4 Å². The predicted molar refractivity (Wildman–Crippen MR) is 82.0 cm³/mol. The summed E-state index contributed by atoms with van der Waals surface area (Å²) >= 11 is 0. The minimum absolute atomic E-state index is 0.225. The summed E-state index contributed by atoms with van der Waals surface area (Å²) < 4.78 is 0. The number of aliphatic hydroxyl groups is 2. The third-order valence-corrected chi connectivity index (χ3v) is 3.91. The normalized spacial score (nSPS) is 18.2. The van der Waals surface area contributed by atoms with Crippen molar-refractivity contribution >= 4 is 5.69 Å². The number of anilines is 1. The van der Waals surface area contributed by atoms with Crippen LogP contribution in [0.1, 0.15) is 19.3 Å². The van der Waals surface area contributed by atoms with E-state index in [1.54, 1.807) is 0 Å². The molecule has 0 spiro atoms. The summed E-state index contributed by atoms with van der Waals surface area (Å²) in [5.74, 6) is 0. The first kappa shape index (κ1) is 15.3. The molecule has 1 atom stereocenters. The molecule has 0 amide bonds. The third-order valence-electron chi connectivity index (χ3n) is 3.91. The molecular weight excluding hydrogens is 252 g/mol. The highest BCUT2D eigenvalue weighted by Crippen LogP contribution is 2.16. The lowest BCUT2D eigenvalue weighted by molar-refractivity contribution is 0.0983. The topological polar surface area (TPSA) is 46.9 Å². The van der Waals surface area contributed by atoms with Crippen LogP contribution in [0.4, 0.5) is 5.69 Å². The van der Waals surface area contributed by atoms with Crippen LogP contribution in [0.3, 0.4) is 0 Å². The van der Waals surface area contributed by atoms with E-state index in [0.717, 1.165) is 52.0 Å². The number of para-hydroxylation sites is 1. The second-order valence-electron chi connectivity index (χ2n) is 5.50. The fourth-order valence-corrected chi connectivity index (χ4v) is 2.71. The predicted octanol–water partition coefficient (Wildman–Crippen LogP) is 1.33. The first-order valence-electron chi connectivity index (χ1n) is 7.61. The van der Waals surface area contributed by atoms with Crippen molar-refractivity contribution in [1.82, 2.24) is 4.90 Å². The molecule has 1 aromatic rings. The number of piperazine rings is 1. The summed E-state index contributed by atoms with van der Waals surface area (Å²) in [4.78, 5) is 4.73. The summed E-state index contributed by atoms with van der Waals surface area (Å²) in [6.45, 7) is 5.04. The molecule has 4 heteroatoms. The maximum Gasteiger partial charge on any atom is 0.0667 e. The smallest absolute Gasteiger partial charge is 0.0667 e. The molecule has 0 bridgehead atoms. The van der Waals surface area contributed by atoms with E-state index in [4.69, 9.17) is 5.11 Å². The Morgan fingerprint density at radius 3 is 2.35 bits per heavy atom. The zero-order chi connectivity index (χ0) is 14.2. The van der Waals surface area contributed by atoms with Crippen LogP contribution in [0.15, 0.2) is 30.3 Å². The molecule has 1 heterocycles. The van der Waals surface area contributed by atoms with E-state index in [1.165, 1.54) is 5.69 Å². The lowest BCUT2D eigenvalue weighted by Gasteiger charge is -2.36. The molecule has 20 heavy (non-hydrogen) atoms. The van der Waals surface area contributed by atoms with Gasteiger partial charge in [0.2, 0.25) is 0 Å². The Kier molecular flexibility index (Phi) is 6.30. The zero-order valence-electron chi connectivity index (χ0n) is 12.1. The number of hydrogen-bond donors (Lipinski definition) is 2. The number of hydrogen-bond acceptors (Lipinski definition) is 4. The monoisotopic (exact) mass is 278 g/mol. The summed E-state index contributed by atoms with van der Waals surface area (Å²) in [5.41, 5.74) is 1.29. The number of aliphatic hydroxyl groups excluding tert-OH is 2. The minimum Gasteiger partial charge on any atom is -0.396 e. The standard InChI is InChI=1S/C16H26N2O2/c19-13-5-4-8-16(20)14-17-9-11-18(12-10-17)15-6-2-1-3-7-15/h1-3,6-7,16,19-20H,4-5,8-14H2. The summed E-state index contributed by atoms with van der Waals surface area (Å²) in [7, 11) is 0. The van der Waals surface area contributed by atoms with Gasteiger partial charge in [-0.05, 0) is 31.4 Å². The largest absolute Gasteiger partial charge is 0.396 e. The van der Waals surface area contributed by atoms with E-state index in [0.29, 0.717) is 0 Å². The molecular formula is C16H26N2O2. The molecule has 0 saturated carbocycles. The molecule has 112 valence electrons. The van der Waals surface area contributed by atoms with Crippen LogP contribution in [0.2, 0.25) is 0 Å². The van der Waals surface area contributed by atoms with Crippen molar-refractivity contribution in [3.8, 4) is 0 Å². The Balaban J connectivity index is 1.69. The maximum absolute atomic E-state index is 9.97. The number of unbranched alkanes of at least 4 members (excludes halogenated alkanes) is 1. The highest BCUT2D eigenvalue weighted by Gasteiger charge is 2.19. The van der Waals surface area contributed by atoms with Crippen molar-refractivity contribution in [2.75, 3.05) is 44.2 Å². The van der Waals surface area contributed by atoms with Gasteiger partial charge in [0.25, 0.3) is 0 Å². The van der Waals surface area contributed by atoms with Crippen LogP contribution in [0.25, 0.3) is 0 Å². The number of benzene rings is 1. The van der Waals surface area contributed by atoms with E-state index in [-0.39, 0.29) is 12.7 Å². The Hall–Kier alpha value is -1.10. The SMILES string of the molecule is OCCCCC(O)CN1CCN(c2ccccc2)CC1. The Morgan fingerprint density at radius 2 is 1.70 bits per heavy atom. The number of nitrogens with zero attached hydrogens (tertiary/aromatic N) is 2. The quantitative estimate of drug-likeness (QED) is 0.739. The van der Waals surface area contributed by atoms with E-state index < -0.39 is 0 Å². The molecule has 1 saturated heterocycles. The summed E-state index contributed by atoms with van der Waals surface area (Å²) in [5, 5.41) is 18.7. The third kappa shape index (κ3) is 4.78. The summed E-state index contributed by atoms with van der Waals surface area (Å²) in [6.07, 6.45) is 2.23. The van der Waals surface area contributed by atoms with Gasteiger partial charge in [0.15, 0.2) is 0 Å². The second kappa shape index (κ2) is 8.25. The van der Waals surface area contributed by atoms with Gasteiger partial charge in [-0.25, -0.2) is 0 Å². The van der Waals surface area contributed by atoms with Crippen LogP contribution in [0, 0.1) is 0 Å². The molecule has 2 N–H and O–H groups in total. The fourth-order valence-electron chi connectivity index (χ4n) is 2.71. The van der Waals surface area contributed by atoms with Gasteiger partial charge < -0.3 is 15.1 Å². The molecule has 4 nitrogen and oxygen atoms in total. The highest BCUT2D eigenvalue weighted by molar-refractivity contribution is 5.46. The van der Waals surface area contributed by atoms with Crippen molar-refractivity contribution in [3.63, 3.8) is 0 Å². The summed E-state index contributed by atoms with van der Waals surface area (Å²) in [6, 6.07) is 10.5. The Bertz CT molecular complexity index is 364.